The minimum absolute atomic E-state index is 0.00900. The van der Waals surface area contributed by atoms with Gasteiger partial charge in [0.1, 0.15) is 11.7 Å². The Bertz CT molecular complexity index is 789. The van der Waals surface area contributed by atoms with E-state index in [-0.39, 0.29) is 17.9 Å². The molecule has 0 aliphatic heterocycles. The highest BCUT2D eigenvalue weighted by Crippen LogP contribution is 2.39. The van der Waals surface area contributed by atoms with Gasteiger partial charge in [-0.1, -0.05) is 38.0 Å². The van der Waals surface area contributed by atoms with Gasteiger partial charge < -0.3 is 9.64 Å². The monoisotopic (exact) mass is 393 g/mol. The minimum Gasteiger partial charge on any atom is -0.460 e. The van der Waals surface area contributed by atoms with E-state index in [0.717, 1.165) is 56.7 Å². The van der Waals surface area contributed by atoms with Crippen molar-refractivity contribution in [3.63, 3.8) is 0 Å². The number of halogens is 3. The van der Waals surface area contributed by atoms with Crippen molar-refractivity contribution in [2.45, 2.75) is 64.1 Å². The number of benzene rings is 1. The van der Waals surface area contributed by atoms with Crippen LogP contribution in [0, 0.1) is 0 Å². The second kappa shape index (κ2) is 8.80. The number of anilines is 2. The highest BCUT2D eigenvalue weighted by atomic mass is 19.4. The van der Waals surface area contributed by atoms with Crippen LogP contribution in [0.4, 0.5) is 24.7 Å². The second-order valence-electron chi connectivity index (χ2n) is 7.20. The van der Waals surface area contributed by atoms with Gasteiger partial charge in [-0.2, -0.15) is 18.2 Å². The standard InChI is InChI=1S/C21H26F3N3O/c1-3-9-15-10-7-8-13-18(15)27(2)19-17(21(22,23)24)14-25-20(26-19)28-16-11-5-4-6-12-16/h7-8,10,13-14,16H,3-6,9,11-12H2,1-2H3. The molecule has 1 fully saturated rings. The van der Waals surface area contributed by atoms with Crippen molar-refractivity contribution < 1.29 is 17.9 Å². The summed E-state index contributed by atoms with van der Waals surface area (Å²) in [7, 11) is 1.61. The maximum atomic E-state index is 13.6. The Labute approximate surface area is 163 Å². The zero-order valence-electron chi connectivity index (χ0n) is 16.3. The first kappa shape index (κ1) is 20.4. The molecule has 1 aromatic carbocycles. The Morgan fingerprint density at radius 1 is 1.14 bits per heavy atom. The van der Waals surface area contributed by atoms with Crippen LogP contribution in [0.5, 0.6) is 6.01 Å². The van der Waals surface area contributed by atoms with Crippen LogP contribution in [0.25, 0.3) is 0 Å². The summed E-state index contributed by atoms with van der Waals surface area (Å²) in [5, 5.41) is 0. The van der Waals surface area contributed by atoms with Gasteiger partial charge in [0.05, 0.1) is 0 Å². The number of ether oxygens (including phenoxy) is 1. The molecule has 0 N–H and O–H groups in total. The summed E-state index contributed by atoms with van der Waals surface area (Å²) >= 11 is 0. The van der Waals surface area contributed by atoms with Gasteiger partial charge >= 0.3 is 12.2 Å². The summed E-state index contributed by atoms with van der Waals surface area (Å²) in [5.74, 6) is -0.183. The molecule has 2 aromatic rings. The maximum absolute atomic E-state index is 13.6. The van der Waals surface area contributed by atoms with Crippen LogP contribution >= 0.6 is 0 Å². The summed E-state index contributed by atoms with van der Waals surface area (Å²) in [6.45, 7) is 2.04. The van der Waals surface area contributed by atoms with Gasteiger partial charge in [0.2, 0.25) is 0 Å². The Hall–Kier alpha value is -2.31. The van der Waals surface area contributed by atoms with Crippen LogP contribution in [0.15, 0.2) is 30.5 Å². The van der Waals surface area contributed by atoms with Gasteiger partial charge in [0.15, 0.2) is 5.82 Å². The molecule has 28 heavy (non-hydrogen) atoms. The van der Waals surface area contributed by atoms with E-state index < -0.39 is 11.7 Å². The molecule has 1 aliphatic rings. The fourth-order valence-electron chi connectivity index (χ4n) is 3.63. The van der Waals surface area contributed by atoms with Crippen LogP contribution in [-0.2, 0) is 12.6 Å². The van der Waals surface area contributed by atoms with Gasteiger partial charge in [-0.3, -0.25) is 0 Å². The zero-order valence-corrected chi connectivity index (χ0v) is 16.3. The van der Waals surface area contributed by atoms with Gasteiger partial charge in [-0.25, -0.2) is 4.98 Å². The largest absolute Gasteiger partial charge is 0.460 e. The van der Waals surface area contributed by atoms with E-state index in [2.05, 4.69) is 9.97 Å². The highest BCUT2D eigenvalue weighted by molar-refractivity contribution is 5.66. The lowest BCUT2D eigenvalue weighted by Gasteiger charge is -2.26. The third kappa shape index (κ3) is 4.75. The van der Waals surface area contributed by atoms with E-state index in [1.54, 1.807) is 7.05 Å². The van der Waals surface area contributed by atoms with E-state index >= 15 is 0 Å². The number of hydrogen-bond donors (Lipinski definition) is 0. The van der Waals surface area contributed by atoms with E-state index in [9.17, 15) is 13.2 Å². The average molecular weight is 393 g/mol. The van der Waals surface area contributed by atoms with E-state index in [0.29, 0.717) is 5.69 Å². The molecule has 4 nitrogen and oxygen atoms in total. The lowest BCUT2D eigenvalue weighted by Crippen LogP contribution is -2.23. The summed E-state index contributed by atoms with van der Waals surface area (Å²) < 4.78 is 46.7. The van der Waals surface area contributed by atoms with Crippen molar-refractivity contribution in [2.75, 3.05) is 11.9 Å². The van der Waals surface area contributed by atoms with E-state index in [1.165, 1.54) is 4.90 Å². The summed E-state index contributed by atoms with van der Waals surface area (Å²) in [6, 6.07) is 7.47. The molecule has 7 heteroatoms. The molecule has 1 aromatic heterocycles. The Kier molecular flexibility index (Phi) is 6.42. The van der Waals surface area contributed by atoms with Crippen molar-refractivity contribution >= 4 is 11.5 Å². The first-order valence-corrected chi connectivity index (χ1v) is 9.82. The van der Waals surface area contributed by atoms with Crippen LogP contribution in [0.2, 0.25) is 0 Å². The third-order valence-corrected chi connectivity index (χ3v) is 5.07. The molecule has 152 valence electrons. The van der Waals surface area contributed by atoms with E-state index in [4.69, 9.17) is 4.74 Å². The third-order valence-electron chi connectivity index (χ3n) is 5.07. The number of nitrogens with zero attached hydrogens (tertiary/aromatic N) is 3. The Morgan fingerprint density at radius 3 is 2.54 bits per heavy atom. The lowest BCUT2D eigenvalue weighted by molar-refractivity contribution is -0.137. The average Bonchev–Trinajstić information content (AvgIpc) is 2.68. The van der Waals surface area contributed by atoms with Crippen LogP contribution < -0.4 is 9.64 Å². The minimum atomic E-state index is -4.55. The quantitative estimate of drug-likeness (QED) is 0.610. The van der Waals surface area contributed by atoms with Crippen LogP contribution in [0.1, 0.15) is 56.6 Å². The number of alkyl halides is 3. The molecule has 0 saturated heterocycles. The van der Waals surface area contributed by atoms with Gasteiger partial charge in [-0.05, 0) is 43.7 Å². The Balaban J connectivity index is 1.97. The van der Waals surface area contributed by atoms with Crippen molar-refractivity contribution in [1.29, 1.82) is 0 Å². The molecule has 0 amide bonds. The number of aryl methyl sites for hydroxylation is 1. The molecule has 0 unspecified atom stereocenters. The molecule has 0 spiro atoms. The SMILES string of the molecule is CCCc1ccccc1N(C)c1nc(OC2CCCCC2)ncc1C(F)(F)F. The van der Waals surface area contributed by atoms with Crippen molar-refractivity contribution in [3.05, 3.63) is 41.6 Å². The molecule has 0 atom stereocenters. The Morgan fingerprint density at radius 2 is 1.86 bits per heavy atom. The zero-order chi connectivity index (χ0) is 20.1. The van der Waals surface area contributed by atoms with Crippen molar-refractivity contribution in [2.24, 2.45) is 0 Å². The van der Waals surface area contributed by atoms with Gasteiger partial charge in [0, 0.05) is 18.9 Å². The van der Waals surface area contributed by atoms with Crippen LogP contribution in [-0.4, -0.2) is 23.1 Å². The maximum Gasteiger partial charge on any atom is 0.421 e. The molecule has 0 bridgehead atoms. The van der Waals surface area contributed by atoms with Crippen LogP contribution in [0.3, 0.4) is 0 Å². The predicted octanol–water partition coefficient (Wildman–Crippen LogP) is 5.93. The molecular weight excluding hydrogens is 367 g/mol. The number of rotatable bonds is 6. The number of para-hydroxylation sites is 1. The molecule has 1 heterocycles. The topological polar surface area (TPSA) is 38.2 Å². The van der Waals surface area contributed by atoms with E-state index in [1.807, 2.05) is 31.2 Å². The predicted molar refractivity (Wildman–Crippen MR) is 103 cm³/mol. The fourth-order valence-corrected chi connectivity index (χ4v) is 3.63. The number of hydrogen-bond acceptors (Lipinski definition) is 4. The first-order chi connectivity index (χ1) is 13.4. The normalized spacial score (nSPS) is 15.5. The summed E-state index contributed by atoms with van der Waals surface area (Å²) in [4.78, 5) is 9.53. The van der Waals surface area contributed by atoms with Gasteiger partial charge in [0.25, 0.3) is 0 Å². The fraction of sp³-hybridized carbons (Fsp3) is 0.524. The molecular formula is C21H26F3N3O. The van der Waals surface area contributed by atoms with Crippen molar-refractivity contribution in [3.8, 4) is 6.01 Å². The first-order valence-electron chi connectivity index (χ1n) is 9.82. The molecule has 0 radical (unpaired) electrons. The summed E-state index contributed by atoms with van der Waals surface area (Å²) in [6.07, 6.45) is 2.97. The second-order valence-corrected chi connectivity index (χ2v) is 7.20. The smallest absolute Gasteiger partial charge is 0.421 e. The number of aromatic nitrogens is 2. The van der Waals surface area contributed by atoms with Crippen molar-refractivity contribution in [1.82, 2.24) is 9.97 Å². The molecule has 1 saturated carbocycles. The molecule has 1 aliphatic carbocycles. The molecule has 3 rings (SSSR count). The van der Waals surface area contributed by atoms with Gasteiger partial charge in [-0.15, -0.1) is 0 Å². The lowest BCUT2D eigenvalue weighted by atomic mass is 9.98. The highest BCUT2D eigenvalue weighted by Gasteiger charge is 2.37. The summed E-state index contributed by atoms with van der Waals surface area (Å²) in [5.41, 5.74) is 0.823.